The maximum absolute atomic E-state index is 13.2. The molecule has 35 heavy (non-hydrogen) atoms. The molecule has 3 amide bonds. The maximum atomic E-state index is 13.2. The van der Waals surface area contributed by atoms with Crippen LogP contribution >= 0.6 is 0 Å². The van der Waals surface area contributed by atoms with Crippen LogP contribution < -0.4 is 10.1 Å². The number of alkyl halides is 6. The Morgan fingerprint density at radius 1 is 1.06 bits per heavy atom. The minimum atomic E-state index is -5.96. The molecule has 1 aliphatic heterocycles. The van der Waals surface area contributed by atoms with Gasteiger partial charge in [-0.1, -0.05) is 32.3 Å². The molecule has 1 saturated carbocycles. The van der Waals surface area contributed by atoms with Gasteiger partial charge in [0.1, 0.15) is 11.3 Å². The molecule has 12 heteroatoms. The number of imide groups is 1. The summed E-state index contributed by atoms with van der Waals surface area (Å²) in [7, 11) is 0. The van der Waals surface area contributed by atoms with Gasteiger partial charge in [0.25, 0.3) is 11.5 Å². The summed E-state index contributed by atoms with van der Waals surface area (Å²) in [5.41, 5.74) is -7.01. The fourth-order valence-corrected chi connectivity index (χ4v) is 4.65. The van der Waals surface area contributed by atoms with Crippen molar-refractivity contribution in [2.45, 2.75) is 81.8 Å². The molecular weight excluding hydrogens is 482 g/mol. The Morgan fingerprint density at radius 3 is 2.26 bits per heavy atom. The molecule has 2 N–H and O–H groups in total. The topological polar surface area (TPSA) is 78.9 Å². The van der Waals surface area contributed by atoms with E-state index in [4.69, 9.17) is 4.74 Å². The van der Waals surface area contributed by atoms with Crippen LogP contribution in [-0.4, -0.2) is 53.0 Å². The van der Waals surface area contributed by atoms with Crippen LogP contribution in [0.5, 0.6) is 5.75 Å². The summed E-state index contributed by atoms with van der Waals surface area (Å²) < 4.78 is 84.9. The molecule has 0 bridgehead atoms. The molecular formula is C23H28F6N2O4. The lowest BCUT2D eigenvalue weighted by Gasteiger charge is -2.33. The number of halogens is 6. The van der Waals surface area contributed by atoms with Crippen LogP contribution in [0.1, 0.15) is 63.0 Å². The van der Waals surface area contributed by atoms with Crippen molar-refractivity contribution in [3.8, 4) is 5.75 Å². The Morgan fingerprint density at radius 2 is 1.69 bits per heavy atom. The van der Waals surface area contributed by atoms with Gasteiger partial charge in [0.15, 0.2) is 0 Å². The van der Waals surface area contributed by atoms with Crippen molar-refractivity contribution < 1.29 is 45.8 Å². The third-order valence-corrected chi connectivity index (χ3v) is 6.55. The molecule has 0 unspecified atom stereocenters. The van der Waals surface area contributed by atoms with Gasteiger partial charge in [0.2, 0.25) is 0 Å². The smallest absolute Gasteiger partial charge is 0.430 e. The van der Waals surface area contributed by atoms with Gasteiger partial charge >= 0.3 is 18.4 Å². The van der Waals surface area contributed by atoms with Gasteiger partial charge in [-0.15, -0.1) is 0 Å². The Labute approximate surface area is 198 Å². The van der Waals surface area contributed by atoms with E-state index in [-0.39, 0.29) is 36.8 Å². The number of aliphatic hydroxyl groups is 1. The quantitative estimate of drug-likeness (QED) is 0.279. The van der Waals surface area contributed by atoms with E-state index in [2.05, 4.69) is 5.32 Å². The minimum absolute atomic E-state index is 0.0770. The number of carbonyl (C=O) groups is 2. The fourth-order valence-electron chi connectivity index (χ4n) is 4.65. The largest absolute Gasteiger partial charge is 0.493 e. The number of carbonyl (C=O) groups excluding carboxylic acids is 2. The summed E-state index contributed by atoms with van der Waals surface area (Å²) >= 11 is 0. The van der Waals surface area contributed by atoms with Gasteiger partial charge in [-0.05, 0) is 49.8 Å². The lowest BCUT2D eigenvalue weighted by Crippen LogP contribution is -2.53. The summed E-state index contributed by atoms with van der Waals surface area (Å²) in [6.07, 6.45) is -7.59. The van der Waals surface area contributed by atoms with Crippen LogP contribution in [0, 0.1) is 0 Å². The number of rotatable bonds is 9. The highest BCUT2D eigenvalue weighted by Gasteiger charge is 2.71. The van der Waals surface area contributed by atoms with Crippen LogP contribution in [0.4, 0.5) is 31.1 Å². The summed E-state index contributed by atoms with van der Waals surface area (Å²) in [5.74, 6) is -0.120. The molecule has 1 saturated heterocycles. The van der Waals surface area contributed by atoms with Gasteiger partial charge in [-0.25, -0.2) is 4.79 Å². The summed E-state index contributed by atoms with van der Waals surface area (Å²) in [4.78, 5) is 26.0. The predicted molar refractivity (Wildman–Crippen MR) is 113 cm³/mol. The van der Waals surface area contributed by atoms with Crippen molar-refractivity contribution >= 4 is 11.9 Å². The monoisotopic (exact) mass is 510 g/mol. The van der Waals surface area contributed by atoms with Gasteiger partial charge in [0, 0.05) is 12.1 Å². The van der Waals surface area contributed by atoms with Gasteiger partial charge < -0.3 is 15.2 Å². The van der Waals surface area contributed by atoms with Crippen LogP contribution in [-0.2, 0) is 16.8 Å². The third kappa shape index (κ3) is 5.07. The molecule has 0 atom stereocenters. The molecule has 2 aliphatic rings. The zero-order chi connectivity index (χ0) is 26.1. The number of unbranched alkanes of at least 4 members (excludes halogenated alkanes) is 1. The molecule has 1 heterocycles. The molecule has 2 fully saturated rings. The second kappa shape index (κ2) is 9.87. The van der Waals surface area contributed by atoms with Crippen molar-refractivity contribution in [1.82, 2.24) is 10.2 Å². The first-order chi connectivity index (χ1) is 16.3. The van der Waals surface area contributed by atoms with Gasteiger partial charge in [-0.2, -0.15) is 26.3 Å². The van der Waals surface area contributed by atoms with E-state index in [1.54, 1.807) is 6.92 Å². The van der Waals surface area contributed by atoms with E-state index in [0.29, 0.717) is 44.2 Å². The first kappa shape index (κ1) is 27.1. The van der Waals surface area contributed by atoms with Crippen molar-refractivity contribution in [1.29, 1.82) is 0 Å². The fraction of sp³-hybridized carbons (Fsp3) is 0.652. The Balaban J connectivity index is 1.62. The Kier molecular flexibility index (Phi) is 7.64. The molecule has 3 rings (SSSR count). The second-order valence-electron chi connectivity index (χ2n) is 9.01. The third-order valence-electron chi connectivity index (χ3n) is 6.55. The molecule has 1 spiro atoms. The van der Waals surface area contributed by atoms with Crippen LogP contribution in [0.2, 0.25) is 0 Å². The standard InChI is InChI=1S/C23H28F6N2O4/c1-2-7-15-14-16(21(34,22(24,25)26)23(27,28)29)8-9-17(15)35-13-6-5-12-31-18(32)20(30-19(31)33)10-3-4-11-20/h8-9,14,34H,2-7,10-13H2,1H3,(H,30,33). The zero-order valence-corrected chi connectivity index (χ0v) is 19.2. The SMILES string of the molecule is CCCc1cc(C(O)(C(F)(F)F)C(F)(F)F)ccc1OCCCCN1C(=O)NC2(CCCC2)C1=O. The maximum Gasteiger partial charge on any atom is 0.430 e. The number of ether oxygens (including phenoxy) is 1. The number of nitrogens with one attached hydrogen (secondary N) is 1. The highest BCUT2D eigenvalue weighted by atomic mass is 19.4. The van der Waals surface area contributed by atoms with Crippen molar-refractivity contribution in [2.24, 2.45) is 0 Å². The lowest BCUT2D eigenvalue weighted by atomic mass is 9.90. The zero-order valence-electron chi connectivity index (χ0n) is 19.2. The van der Waals surface area contributed by atoms with Gasteiger partial charge in [-0.3, -0.25) is 9.69 Å². The van der Waals surface area contributed by atoms with Crippen LogP contribution in [0.25, 0.3) is 0 Å². The number of benzene rings is 1. The van der Waals surface area contributed by atoms with E-state index in [9.17, 15) is 41.0 Å². The summed E-state index contributed by atoms with van der Waals surface area (Å²) in [6, 6.07) is 1.79. The lowest BCUT2D eigenvalue weighted by molar-refractivity contribution is -0.376. The van der Waals surface area contributed by atoms with Crippen molar-refractivity contribution in [2.75, 3.05) is 13.2 Å². The van der Waals surface area contributed by atoms with E-state index in [0.717, 1.165) is 18.9 Å². The average Bonchev–Trinajstić information content (AvgIpc) is 3.32. The minimum Gasteiger partial charge on any atom is -0.493 e. The molecule has 0 aromatic heterocycles. The van der Waals surface area contributed by atoms with E-state index in [1.807, 2.05) is 0 Å². The second-order valence-corrected chi connectivity index (χ2v) is 9.01. The van der Waals surface area contributed by atoms with Gasteiger partial charge in [0.05, 0.1) is 6.61 Å². The first-order valence-corrected chi connectivity index (χ1v) is 11.5. The van der Waals surface area contributed by atoms with Crippen LogP contribution in [0.15, 0.2) is 18.2 Å². The first-order valence-electron chi connectivity index (χ1n) is 11.5. The normalized spacial score (nSPS) is 18.5. The number of hydrogen-bond acceptors (Lipinski definition) is 4. The average molecular weight is 510 g/mol. The number of hydrogen-bond donors (Lipinski definition) is 2. The summed E-state index contributed by atoms with van der Waals surface area (Å²) in [6.45, 7) is 1.96. The van der Waals surface area contributed by atoms with Crippen molar-refractivity contribution in [3.05, 3.63) is 29.3 Å². The highest BCUT2D eigenvalue weighted by molar-refractivity contribution is 6.07. The molecule has 196 valence electrons. The number of nitrogens with zero attached hydrogens (tertiary/aromatic N) is 1. The Bertz CT molecular complexity index is 927. The molecule has 6 nitrogen and oxygen atoms in total. The number of aryl methyl sites for hydroxylation is 1. The van der Waals surface area contributed by atoms with E-state index >= 15 is 0 Å². The van der Waals surface area contributed by atoms with E-state index in [1.165, 1.54) is 4.90 Å². The predicted octanol–water partition coefficient (Wildman–Crippen LogP) is 4.97. The molecule has 1 aromatic carbocycles. The number of amides is 3. The Hall–Kier alpha value is -2.50. The van der Waals surface area contributed by atoms with Crippen molar-refractivity contribution in [3.63, 3.8) is 0 Å². The molecule has 1 aromatic rings. The molecule has 1 aliphatic carbocycles. The number of urea groups is 1. The summed E-state index contributed by atoms with van der Waals surface area (Å²) in [5, 5.41) is 12.4. The van der Waals surface area contributed by atoms with E-state index < -0.39 is 35.1 Å². The molecule has 0 radical (unpaired) electrons. The van der Waals surface area contributed by atoms with Crippen LogP contribution in [0.3, 0.4) is 0 Å². The highest BCUT2D eigenvalue weighted by Crippen LogP contribution is 2.50.